The average molecular weight is 370 g/mol. The number of amides is 2. The van der Waals surface area contributed by atoms with Gasteiger partial charge in [0.05, 0.1) is 6.04 Å². The number of carbonyl (C=O) groups excluding carboxylic acids is 2. The largest absolute Gasteiger partial charge is 0.484 e. The second-order valence-corrected chi connectivity index (χ2v) is 7.00. The molecule has 1 aliphatic heterocycles. The van der Waals surface area contributed by atoms with Crippen molar-refractivity contribution in [3.63, 3.8) is 0 Å². The average Bonchev–Trinajstić information content (AvgIpc) is 2.65. The number of rotatable bonds is 6. The molecular formula is C21H23FN2O3. The number of halogens is 1. The van der Waals surface area contributed by atoms with Gasteiger partial charge in [-0.3, -0.25) is 9.59 Å². The van der Waals surface area contributed by atoms with Gasteiger partial charge in [0.15, 0.2) is 6.61 Å². The monoisotopic (exact) mass is 370 g/mol. The molecule has 2 aromatic rings. The first-order valence-corrected chi connectivity index (χ1v) is 9.03. The van der Waals surface area contributed by atoms with Gasteiger partial charge in [-0.15, -0.1) is 0 Å². The molecule has 5 nitrogen and oxygen atoms in total. The Hall–Kier alpha value is -2.89. The summed E-state index contributed by atoms with van der Waals surface area (Å²) in [5.41, 5.74) is 2.64. The van der Waals surface area contributed by atoms with Crippen molar-refractivity contribution in [1.29, 1.82) is 0 Å². The summed E-state index contributed by atoms with van der Waals surface area (Å²) in [6.45, 7) is 3.87. The van der Waals surface area contributed by atoms with Gasteiger partial charge in [-0.1, -0.05) is 26.0 Å². The molecule has 0 saturated carbocycles. The summed E-state index contributed by atoms with van der Waals surface area (Å²) in [6, 6.07) is 11.3. The standard InChI is InChI=1S/C21H23FN2O3/c1-13(2)21(14-3-6-16(22)7-4-14)24-20(26)12-27-17-8-9-18-15(11-17)5-10-19(25)23-18/h3-4,6-9,11,13,21H,5,10,12H2,1-2H3,(H,23,25)(H,24,26)/t21-/m0/s1. The minimum absolute atomic E-state index is 0.0102. The van der Waals surface area contributed by atoms with E-state index in [9.17, 15) is 14.0 Å². The number of aryl methyl sites for hydroxylation is 1. The number of hydrogen-bond acceptors (Lipinski definition) is 3. The Balaban J connectivity index is 1.60. The van der Waals surface area contributed by atoms with Crippen LogP contribution in [-0.4, -0.2) is 18.4 Å². The van der Waals surface area contributed by atoms with E-state index in [1.807, 2.05) is 19.9 Å². The second kappa shape index (κ2) is 8.20. The SMILES string of the molecule is CC(C)[C@H](NC(=O)COc1ccc2c(c1)CCC(=O)N2)c1ccc(F)cc1. The number of nitrogens with one attached hydrogen (secondary N) is 2. The molecule has 0 spiro atoms. The molecule has 1 heterocycles. The van der Waals surface area contributed by atoms with Crippen molar-refractivity contribution in [1.82, 2.24) is 5.32 Å². The predicted octanol–water partition coefficient (Wildman–Crippen LogP) is 3.60. The summed E-state index contributed by atoms with van der Waals surface area (Å²) >= 11 is 0. The molecule has 1 atom stereocenters. The van der Waals surface area contributed by atoms with E-state index < -0.39 is 0 Å². The maximum Gasteiger partial charge on any atom is 0.258 e. The van der Waals surface area contributed by atoms with Crippen LogP contribution in [0.1, 0.15) is 37.4 Å². The molecule has 1 aliphatic rings. The van der Waals surface area contributed by atoms with Crippen molar-refractivity contribution in [3.8, 4) is 5.75 Å². The van der Waals surface area contributed by atoms with Crippen LogP contribution in [0.4, 0.5) is 10.1 Å². The molecule has 0 saturated heterocycles. The molecule has 2 amide bonds. The fourth-order valence-corrected chi connectivity index (χ4v) is 3.12. The highest BCUT2D eigenvalue weighted by Crippen LogP contribution is 2.27. The van der Waals surface area contributed by atoms with Gasteiger partial charge in [0, 0.05) is 12.1 Å². The molecule has 6 heteroatoms. The van der Waals surface area contributed by atoms with Crippen LogP contribution in [-0.2, 0) is 16.0 Å². The van der Waals surface area contributed by atoms with Crippen molar-refractivity contribution in [2.75, 3.05) is 11.9 Å². The molecule has 0 radical (unpaired) electrons. The van der Waals surface area contributed by atoms with Gasteiger partial charge >= 0.3 is 0 Å². The van der Waals surface area contributed by atoms with Crippen molar-refractivity contribution in [2.24, 2.45) is 5.92 Å². The zero-order valence-corrected chi connectivity index (χ0v) is 15.4. The van der Waals surface area contributed by atoms with E-state index in [0.29, 0.717) is 18.6 Å². The zero-order chi connectivity index (χ0) is 19.4. The lowest BCUT2D eigenvalue weighted by molar-refractivity contribution is -0.124. The van der Waals surface area contributed by atoms with Crippen LogP contribution in [0, 0.1) is 11.7 Å². The third-order valence-corrected chi connectivity index (χ3v) is 4.55. The topological polar surface area (TPSA) is 67.4 Å². The molecule has 0 fully saturated rings. The van der Waals surface area contributed by atoms with Gasteiger partial charge in [-0.25, -0.2) is 4.39 Å². The van der Waals surface area contributed by atoms with Crippen molar-refractivity contribution >= 4 is 17.5 Å². The lowest BCUT2D eigenvalue weighted by Gasteiger charge is -2.23. The summed E-state index contributed by atoms with van der Waals surface area (Å²) in [5.74, 6) is 0.189. The number of fused-ring (bicyclic) bond motifs is 1. The Morgan fingerprint density at radius 2 is 1.93 bits per heavy atom. The zero-order valence-electron chi connectivity index (χ0n) is 15.4. The summed E-state index contributed by atoms with van der Waals surface area (Å²) in [4.78, 5) is 23.7. The van der Waals surface area contributed by atoms with E-state index in [2.05, 4.69) is 10.6 Å². The van der Waals surface area contributed by atoms with Gasteiger partial charge in [-0.2, -0.15) is 0 Å². The smallest absolute Gasteiger partial charge is 0.258 e. The van der Waals surface area contributed by atoms with Crippen molar-refractivity contribution in [3.05, 3.63) is 59.4 Å². The molecule has 2 N–H and O–H groups in total. The molecule has 0 bridgehead atoms. The molecule has 142 valence electrons. The van der Waals surface area contributed by atoms with E-state index in [4.69, 9.17) is 4.74 Å². The highest BCUT2D eigenvalue weighted by Gasteiger charge is 2.19. The van der Waals surface area contributed by atoms with Crippen LogP contribution in [0.15, 0.2) is 42.5 Å². The Labute approximate surface area is 157 Å². The van der Waals surface area contributed by atoms with Gasteiger partial charge in [0.2, 0.25) is 5.91 Å². The summed E-state index contributed by atoms with van der Waals surface area (Å²) in [7, 11) is 0. The number of benzene rings is 2. The van der Waals surface area contributed by atoms with E-state index in [0.717, 1.165) is 16.8 Å². The fourth-order valence-electron chi connectivity index (χ4n) is 3.12. The van der Waals surface area contributed by atoms with Crippen LogP contribution in [0.2, 0.25) is 0 Å². The summed E-state index contributed by atoms with van der Waals surface area (Å²) in [6.07, 6.45) is 1.11. The van der Waals surface area contributed by atoms with Gasteiger partial charge in [-0.05, 0) is 53.8 Å². The lowest BCUT2D eigenvalue weighted by atomic mass is 9.96. The van der Waals surface area contributed by atoms with Crippen LogP contribution < -0.4 is 15.4 Å². The quantitative estimate of drug-likeness (QED) is 0.816. The van der Waals surface area contributed by atoms with Crippen LogP contribution >= 0.6 is 0 Å². The molecule has 0 unspecified atom stereocenters. The third-order valence-electron chi connectivity index (χ3n) is 4.55. The number of hydrogen-bond donors (Lipinski definition) is 2. The predicted molar refractivity (Wildman–Crippen MR) is 101 cm³/mol. The molecule has 3 rings (SSSR count). The third kappa shape index (κ3) is 4.84. The van der Waals surface area contributed by atoms with Gasteiger partial charge in [0.1, 0.15) is 11.6 Å². The molecule has 0 aliphatic carbocycles. The van der Waals surface area contributed by atoms with Gasteiger partial charge in [0.25, 0.3) is 5.91 Å². The Morgan fingerprint density at radius 3 is 2.63 bits per heavy atom. The number of ether oxygens (including phenoxy) is 1. The fraction of sp³-hybridized carbons (Fsp3) is 0.333. The van der Waals surface area contributed by atoms with Crippen LogP contribution in [0.5, 0.6) is 5.75 Å². The van der Waals surface area contributed by atoms with E-state index in [-0.39, 0.29) is 36.2 Å². The first-order chi connectivity index (χ1) is 12.9. The Kier molecular flexibility index (Phi) is 5.74. The van der Waals surface area contributed by atoms with E-state index in [1.54, 1.807) is 24.3 Å². The maximum atomic E-state index is 13.1. The second-order valence-electron chi connectivity index (χ2n) is 7.00. The van der Waals surface area contributed by atoms with Crippen LogP contribution in [0.3, 0.4) is 0 Å². The summed E-state index contributed by atoms with van der Waals surface area (Å²) in [5, 5.41) is 5.76. The molecule has 0 aromatic heterocycles. The maximum absolute atomic E-state index is 13.1. The van der Waals surface area contributed by atoms with Gasteiger partial charge < -0.3 is 15.4 Å². The number of anilines is 1. The highest BCUT2D eigenvalue weighted by molar-refractivity contribution is 5.94. The first kappa shape index (κ1) is 18.9. The molecular weight excluding hydrogens is 347 g/mol. The van der Waals surface area contributed by atoms with Crippen LogP contribution in [0.25, 0.3) is 0 Å². The normalized spacial score (nSPS) is 14.3. The highest BCUT2D eigenvalue weighted by atomic mass is 19.1. The van der Waals surface area contributed by atoms with E-state index >= 15 is 0 Å². The summed E-state index contributed by atoms with van der Waals surface area (Å²) < 4.78 is 18.7. The number of carbonyl (C=O) groups is 2. The Morgan fingerprint density at radius 1 is 1.19 bits per heavy atom. The Bertz CT molecular complexity index is 834. The molecule has 27 heavy (non-hydrogen) atoms. The minimum Gasteiger partial charge on any atom is -0.484 e. The molecule has 2 aromatic carbocycles. The first-order valence-electron chi connectivity index (χ1n) is 9.03. The van der Waals surface area contributed by atoms with Crippen molar-refractivity contribution < 1.29 is 18.7 Å². The van der Waals surface area contributed by atoms with E-state index in [1.165, 1.54) is 12.1 Å². The lowest BCUT2D eigenvalue weighted by Crippen LogP contribution is -2.35. The van der Waals surface area contributed by atoms with Crippen molar-refractivity contribution in [2.45, 2.75) is 32.7 Å². The minimum atomic E-state index is -0.306.